The zero-order valence-corrected chi connectivity index (χ0v) is 13.2. The Morgan fingerprint density at radius 2 is 2.00 bits per heavy atom. The number of carboxylic acids is 1. The van der Waals surface area contributed by atoms with E-state index in [9.17, 15) is 9.59 Å². The first-order valence-electron chi connectivity index (χ1n) is 8.32. The third kappa shape index (κ3) is 3.91. The van der Waals surface area contributed by atoms with Crippen molar-refractivity contribution in [3.8, 4) is 0 Å². The number of benzene rings is 1. The molecule has 124 valence electrons. The first kappa shape index (κ1) is 16.0. The zero-order chi connectivity index (χ0) is 16.3. The summed E-state index contributed by atoms with van der Waals surface area (Å²) >= 11 is 0. The van der Waals surface area contributed by atoms with E-state index in [0.29, 0.717) is 13.0 Å². The maximum Gasteiger partial charge on any atom is 0.303 e. The molecule has 1 unspecified atom stereocenters. The Balaban J connectivity index is 1.54. The predicted octanol–water partition coefficient (Wildman–Crippen LogP) is 2.99. The summed E-state index contributed by atoms with van der Waals surface area (Å²) in [7, 11) is 0. The van der Waals surface area contributed by atoms with Crippen molar-refractivity contribution in [2.24, 2.45) is 5.92 Å². The molecule has 1 aliphatic carbocycles. The van der Waals surface area contributed by atoms with E-state index in [1.165, 1.54) is 6.42 Å². The van der Waals surface area contributed by atoms with E-state index in [0.717, 1.165) is 36.9 Å². The summed E-state index contributed by atoms with van der Waals surface area (Å²) in [6, 6.07) is 7.42. The number of hydrogen-bond acceptors (Lipinski definition) is 3. The van der Waals surface area contributed by atoms with Gasteiger partial charge >= 0.3 is 5.97 Å². The van der Waals surface area contributed by atoms with Crippen LogP contribution in [0.3, 0.4) is 0 Å². The van der Waals surface area contributed by atoms with Crippen molar-refractivity contribution >= 4 is 17.6 Å². The van der Waals surface area contributed by atoms with Crippen molar-refractivity contribution < 1.29 is 19.4 Å². The van der Waals surface area contributed by atoms with Crippen LogP contribution in [0.15, 0.2) is 24.3 Å². The second-order valence-electron chi connectivity index (χ2n) is 6.65. The Labute approximate surface area is 136 Å². The van der Waals surface area contributed by atoms with E-state index in [-0.39, 0.29) is 23.8 Å². The fourth-order valence-electron chi connectivity index (χ4n) is 3.42. The summed E-state index contributed by atoms with van der Waals surface area (Å²) in [5.74, 6) is -0.708. The number of amides is 1. The van der Waals surface area contributed by atoms with Crippen molar-refractivity contribution in [3.63, 3.8) is 0 Å². The molecule has 1 amide bonds. The van der Waals surface area contributed by atoms with Gasteiger partial charge in [0.15, 0.2) is 0 Å². The maximum atomic E-state index is 12.5. The second-order valence-corrected chi connectivity index (χ2v) is 6.65. The molecule has 2 N–H and O–H groups in total. The maximum absolute atomic E-state index is 12.5. The minimum absolute atomic E-state index is 0.0238. The molecule has 0 radical (unpaired) electrons. The van der Waals surface area contributed by atoms with Gasteiger partial charge in [-0.15, -0.1) is 0 Å². The van der Waals surface area contributed by atoms with Crippen LogP contribution in [0.25, 0.3) is 0 Å². The number of aliphatic carboxylic acids is 1. The van der Waals surface area contributed by atoms with Gasteiger partial charge in [-0.05, 0) is 56.2 Å². The summed E-state index contributed by atoms with van der Waals surface area (Å²) in [6.07, 6.45) is 5.60. The van der Waals surface area contributed by atoms with Gasteiger partial charge in [-0.25, -0.2) is 0 Å². The third-order valence-corrected chi connectivity index (χ3v) is 4.98. The lowest BCUT2D eigenvalue weighted by molar-refractivity contribution is -0.153. The monoisotopic (exact) mass is 317 g/mol. The molecule has 3 rings (SSSR count). The number of hydrogen-bond donors (Lipinski definition) is 2. The fourth-order valence-corrected chi connectivity index (χ4v) is 3.42. The van der Waals surface area contributed by atoms with Gasteiger partial charge in [0.2, 0.25) is 5.91 Å². The zero-order valence-electron chi connectivity index (χ0n) is 13.2. The van der Waals surface area contributed by atoms with Crippen LogP contribution in [0.2, 0.25) is 0 Å². The van der Waals surface area contributed by atoms with Crippen molar-refractivity contribution in [2.45, 2.75) is 50.5 Å². The quantitative estimate of drug-likeness (QED) is 0.875. The number of rotatable bonds is 5. The molecule has 1 aromatic rings. The Bertz CT molecular complexity index is 577. The molecule has 1 saturated heterocycles. The molecule has 5 nitrogen and oxygen atoms in total. The Hall–Kier alpha value is -1.88. The van der Waals surface area contributed by atoms with Crippen molar-refractivity contribution in [3.05, 3.63) is 29.8 Å². The van der Waals surface area contributed by atoms with Crippen LogP contribution >= 0.6 is 0 Å². The molecule has 2 fully saturated rings. The lowest BCUT2D eigenvalue weighted by atomic mass is 9.72. The highest BCUT2D eigenvalue weighted by atomic mass is 16.5. The summed E-state index contributed by atoms with van der Waals surface area (Å²) < 4.78 is 5.87. The van der Waals surface area contributed by atoms with Crippen LogP contribution in [0.1, 0.15) is 44.1 Å². The lowest BCUT2D eigenvalue weighted by Crippen LogP contribution is -2.47. The lowest BCUT2D eigenvalue weighted by Gasteiger charge is -2.46. The van der Waals surface area contributed by atoms with Crippen LogP contribution in [0.4, 0.5) is 5.69 Å². The molecule has 5 heteroatoms. The average Bonchev–Trinajstić information content (AvgIpc) is 2.53. The molecule has 1 aromatic carbocycles. The molecule has 23 heavy (non-hydrogen) atoms. The first-order chi connectivity index (χ1) is 11.1. The molecular weight excluding hydrogens is 294 g/mol. The van der Waals surface area contributed by atoms with Crippen LogP contribution in [-0.4, -0.2) is 29.2 Å². The molecule has 1 spiro atoms. The highest BCUT2D eigenvalue weighted by Gasteiger charge is 2.44. The molecule has 1 aliphatic heterocycles. The first-order valence-corrected chi connectivity index (χ1v) is 8.32. The average molecular weight is 317 g/mol. The minimum atomic E-state index is -0.799. The van der Waals surface area contributed by atoms with E-state index < -0.39 is 5.97 Å². The SMILES string of the molecule is O=C(O)CCc1ccc(NC(=O)C2CCOC3(CCC3)C2)cc1. The van der Waals surface area contributed by atoms with E-state index in [1.54, 1.807) is 0 Å². The van der Waals surface area contributed by atoms with Crippen molar-refractivity contribution in [2.75, 3.05) is 11.9 Å². The van der Waals surface area contributed by atoms with Crippen LogP contribution < -0.4 is 5.32 Å². The van der Waals surface area contributed by atoms with E-state index in [2.05, 4.69) is 5.32 Å². The van der Waals surface area contributed by atoms with E-state index >= 15 is 0 Å². The molecule has 0 bridgehead atoms. The number of nitrogens with one attached hydrogen (secondary N) is 1. The molecule has 1 heterocycles. The minimum Gasteiger partial charge on any atom is -0.481 e. The fraction of sp³-hybridized carbons (Fsp3) is 0.556. The second kappa shape index (κ2) is 6.71. The van der Waals surface area contributed by atoms with Gasteiger partial charge in [0, 0.05) is 24.6 Å². The third-order valence-electron chi connectivity index (χ3n) is 4.98. The van der Waals surface area contributed by atoms with Gasteiger partial charge < -0.3 is 15.2 Å². The smallest absolute Gasteiger partial charge is 0.303 e. The molecule has 0 aromatic heterocycles. The predicted molar refractivity (Wildman–Crippen MR) is 86.3 cm³/mol. The van der Waals surface area contributed by atoms with Gasteiger partial charge in [0.05, 0.1) is 5.60 Å². The highest BCUT2D eigenvalue weighted by molar-refractivity contribution is 5.92. The molecule has 1 atom stereocenters. The van der Waals surface area contributed by atoms with Gasteiger partial charge in [-0.3, -0.25) is 9.59 Å². The molecule has 1 saturated carbocycles. The number of carboxylic acid groups (broad SMARTS) is 1. The van der Waals surface area contributed by atoms with Gasteiger partial charge in [0.25, 0.3) is 0 Å². The summed E-state index contributed by atoms with van der Waals surface area (Å²) in [5, 5.41) is 11.7. The summed E-state index contributed by atoms with van der Waals surface area (Å²) in [6.45, 7) is 0.673. The van der Waals surface area contributed by atoms with Gasteiger partial charge in [-0.1, -0.05) is 12.1 Å². The largest absolute Gasteiger partial charge is 0.481 e. The number of carbonyl (C=O) groups excluding carboxylic acids is 1. The van der Waals surface area contributed by atoms with Crippen LogP contribution in [0, 0.1) is 5.92 Å². The van der Waals surface area contributed by atoms with Crippen molar-refractivity contribution in [1.29, 1.82) is 0 Å². The summed E-state index contributed by atoms with van der Waals surface area (Å²) in [5.41, 5.74) is 1.70. The van der Waals surface area contributed by atoms with E-state index in [1.807, 2.05) is 24.3 Å². The van der Waals surface area contributed by atoms with Crippen LogP contribution in [0.5, 0.6) is 0 Å². The topological polar surface area (TPSA) is 75.6 Å². The van der Waals surface area contributed by atoms with Crippen LogP contribution in [-0.2, 0) is 20.7 Å². The number of ether oxygens (including phenoxy) is 1. The normalized spacial score (nSPS) is 22.3. The Kier molecular flexibility index (Phi) is 4.66. The molecular formula is C18H23NO4. The van der Waals surface area contributed by atoms with Gasteiger partial charge in [-0.2, -0.15) is 0 Å². The number of anilines is 1. The molecule has 2 aliphatic rings. The van der Waals surface area contributed by atoms with E-state index in [4.69, 9.17) is 9.84 Å². The Morgan fingerprint density at radius 3 is 2.61 bits per heavy atom. The van der Waals surface area contributed by atoms with Gasteiger partial charge in [0.1, 0.15) is 0 Å². The number of aryl methyl sites for hydroxylation is 1. The number of carbonyl (C=O) groups is 2. The van der Waals surface area contributed by atoms with Crippen molar-refractivity contribution in [1.82, 2.24) is 0 Å². The highest BCUT2D eigenvalue weighted by Crippen LogP contribution is 2.44. The summed E-state index contributed by atoms with van der Waals surface area (Å²) in [4.78, 5) is 23.0. The Morgan fingerprint density at radius 1 is 1.26 bits per heavy atom. The standard InChI is InChI=1S/C18H23NO4/c20-16(21)7-4-13-2-5-15(6-3-13)19-17(22)14-8-11-23-18(12-14)9-1-10-18/h2-3,5-6,14H,1,4,7-12H2,(H,19,22)(H,20,21).